The van der Waals surface area contributed by atoms with Crippen LogP contribution in [0.3, 0.4) is 0 Å². The number of rotatable bonds is 4. The maximum atomic E-state index is 13.4. The summed E-state index contributed by atoms with van der Waals surface area (Å²) in [5.41, 5.74) is 7.01. The van der Waals surface area contributed by atoms with Gasteiger partial charge in [0.25, 0.3) is 11.5 Å². The summed E-state index contributed by atoms with van der Waals surface area (Å²) in [7, 11) is 0. The fourth-order valence-corrected chi connectivity index (χ4v) is 2.65. The molecule has 0 bridgehead atoms. The van der Waals surface area contributed by atoms with Gasteiger partial charge in [0.2, 0.25) is 0 Å². The number of alkyl halides is 3. The molecule has 0 aliphatic rings. The molecule has 3 rings (SSSR count). The Kier molecular flexibility index (Phi) is 4.55. The first-order valence-corrected chi connectivity index (χ1v) is 7.88. The standard InChI is InChI=1S/C17H15F3N6O2/c1-9-3-4-10(16(28,15(22)27)17(18,19)20)7-11(9)12-8-23-13(21)14(25-12)26-6-2-5-24-26/h2-8,28H,1H3,(H2,21,23)(H2,22,27). The minimum Gasteiger partial charge on any atom is -0.381 e. The summed E-state index contributed by atoms with van der Waals surface area (Å²) >= 11 is 0. The number of hydrogen-bond acceptors (Lipinski definition) is 6. The average molecular weight is 392 g/mol. The van der Waals surface area contributed by atoms with Crippen LogP contribution in [0.5, 0.6) is 0 Å². The first-order valence-electron chi connectivity index (χ1n) is 7.88. The number of benzene rings is 1. The molecule has 0 fully saturated rings. The van der Waals surface area contributed by atoms with Crippen molar-refractivity contribution in [1.82, 2.24) is 19.7 Å². The number of primary amides is 1. The molecule has 0 spiro atoms. The number of aryl methyl sites for hydroxylation is 1. The summed E-state index contributed by atoms with van der Waals surface area (Å²) in [6.07, 6.45) is -0.970. The Bertz CT molecular complexity index is 1040. The van der Waals surface area contributed by atoms with Crippen LogP contribution < -0.4 is 11.5 Å². The van der Waals surface area contributed by atoms with Crippen LogP contribution in [0.2, 0.25) is 0 Å². The molecule has 0 aliphatic heterocycles. The number of aromatic nitrogens is 4. The summed E-state index contributed by atoms with van der Waals surface area (Å²) in [5.74, 6) is -1.70. The van der Waals surface area contributed by atoms with Crippen LogP contribution in [0.1, 0.15) is 11.1 Å². The lowest BCUT2D eigenvalue weighted by molar-refractivity contribution is -0.255. The van der Waals surface area contributed by atoms with Crippen molar-refractivity contribution in [3.8, 4) is 17.1 Å². The third-order valence-corrected chi connectivity index (χ3v) is 4.20. The number of anilines is 1. The quantitative estimate of drug-likeness (QED) is 0.616. The lowest BCUT2D eigenvalue weighted by atomic mass is 9.89. The number of carbonyl (C=O) groups is 1. The van der Waals surface area contributed by atoms with E-state index in [1.54, 1.807) is 19.2 Å². The zero-order valence-electron chi connectivity index (χ0n) is 14.5. The summed E-state index contributed by atoms with van der Waals surface area (Å²) in [5, 5.41) is 14.0. The molecule has 5 N–H and O–H groups in total. The molecule has 0 saturated heterocycles. The Balaban J connectivity index is 2.18. The molecule has 0 aliphatic carbocycles. The molecule has 11 heteroatoms. The molecular formula is C17H15F3N6O2. The van der Waals surface area contributed by atoms with Crippen LogP contribution in [0.4, 0.5) is 19.0 Å². The van der Waals surface area contributed by atoms with Crippen molar-refractivity contribution in [2.75, 3.05) is 5.73 Å². The van der Waals surface area contributed by atoms with Gasteiger partial charge in [0.15, 0.2) is 11.6 Å². The topological polar surface area (TPSA) is 133 Å². The van der Waals surface area contributed by atoms with E-state index in [2.05, 4.69) is 15.1 Å². The smallest absolute Gasteiger partial charge is 0.381 e. The second kappa shape index (κ2) is 6.60. The van der Waals surface area contributed by atoms with Gasteiger partial charge in [-0.3, -0.25) is 4.79 Å². The van der Waals surface area contributed by atoms with Crippen LogP contribution in [-0.2, 0) is 10.4 Å². The molecule has 0 radical (unpaired) electrons. The van der Waals surface area contributed by atoms with Gasteiger partial charge in [0.05, 0.1) is 11.9 Å². The van der Waals surface area contributed by atoms with Crippen molar-refractivity contribution >= 4 is 11.7 Å². The van der Waals surface area contributed by atoms with Gasteiger partial charge < -0.3 is 16.6 Å². The number of nitrogens with two attached hydrogens (primary N) is 2. The summed E-state index contributed by atoms with van der Waals surface area (Å²) < 4.78 is 41.5. The first kappa shape index (κ1) is 19.3. The molecule has 1 amide bonds. The molecule has 1 unspecified atom stereocenters. The highest BCUT2D eigenvalue weighted by Crippen LogP contribution is 2.40. The van der Waals surface area contributed by atoms with Crippen LogP contribution in [0, 0.1) is 6.92 Å². The molecule has 8 nitrogen and oxygen atoms in total. The van der Waals surface area contributed by atoms with E-state index >= 15 is 0 Å². The third kappa shape index (κ3) is 3.05. The van der Waals surface area contributed by atoms with Gasteiger partial charge in [-0.1, -0.05) is 12.1 Å². The summed E-state index contributed by atoms with van der Waals surface area (Å²) in [6.45, 7) is 1.63. The van der Waals surface area contributed by atoms with Gasteiger partial charge in [0.1, 0.15) is 0 Å². The maximum absolute atomic E-state index is 13.4. The predicted molar refractivity (Wildman–Crippen MR) is 92.9 cm³/mol. The Labute approximate surface area is 156 Å². The van der Waals surface area contributed by atoms with Crippen molar-refractivity contribution in [1.29, 1.82) is 0 Å². The number of hydrogen-bond donors (Lipinski definition) is 3. The molecule has 3 aromatic rings. The average Bonchev–Trinajstić information content (AvgIpc) is 3.15. The highest BCUT2D eigenvalue weighted by Gasteiger charge is 2.60. The van der Waals surface area contributed by atoms with E-state index in [1.807, 2.05) is 0 Å². The summed E-state index contributed by atoms with van der Waals surface area (Å²) in [4.78, 5) is 19.8. The lowest BCUT2D eigenvalue weighted by Gasteiger charge is -2.28. The van der Waals surface area contributed by atoms with Crippen LogP contribution in [0.15, 0.2) is 42.9 Å². The van der Waals surface area contributed by atoms with Crippen LogP contribution >= 0.6 is 0 Å². The molecule has 28 heavy (non-hydrogen) atoms. The summed E-state index contributed by atoms with van der Waals surface area (Å²) in [6, 6.07) is 4.93. The van der Waals surface area contributed by atoms with Crippen LogP contribution in [0.25, 0.3) is 17.1 Å². The normalized spacial score (nSPS) is 13.9. The number of aliphatic hydroxyl groups is 1. The third-order valence-electron chi connectivity index (χ3n) is 4.20. The van der Waals surface area contributed by atoms with Gasteiger partial charge in [0, 0.05) is 23.5 Å². The van der Waals surface area contributed by atoms with Crippen molar-refractivity contribution < 1.29 is 23.1 Å². The molecule has 146 valence electrons. The van der Waals surface area contributed by atoms with E-state index in [-0.39, 0.29) is 22.9 Å². The molecule has 2 heterocycles. The predicted octanol–water partition coefficient (Wildman–Crippen LogP) is 1.46. The van der Waals surface area contributed by atoms with Gasteiger partial charge in [-0.05, 0) is 24.6 Å². The molecule has 1 aromatic carbocycles. The van der Waals surface area contributed by atoms with Crippen molar-refractivity contribution in [3.63, 3.8) is 0 Å². The minimum atomic E-state index is -5.31. The Morgan fingerprint density at radius 1 is 1.29 bits per heavy atom. The minimum absolute atomic E-state index is 0.0604. The fourth-order valence-electron chi connectivity index (χ4n) is 2.65. The Morgan fingerprint density at radius 3 is 2.57 bits per heavy atom. The van der Waals surface area contributed by atoms with Gasteiger partial charge in [-0.15, -0.1) is 0 Å². The fraction of sp³-hybridized carbons (Fsp3) is 0.176. The van der Waals surface area contributed by atoms with Crippen LogP contribution in [-0.4, -0.2) is 36.9 Å². The van der Waals surface area contributed by atoms with Gasteiger partial charge in [-0.2, -0.15) is 18.3 Å². The monoisotopic (exact) mass is 392 g/mol. The zero-order valence-corrected chi connectivity index (χ0v) is 14.5. The van der Waals surface area contributed by atoms with E-state index in [0.29, 0.717) is 5.56 Å². The first-order chi connectivity index (χ1) is 13.1. The molecular weight excluding hydrogens is 377 g/mol. The number of nitrogen functional groups attached to an aromatic ring is 1. The van der Waals surface area contributed by atoms with Crippen molar-refractivity contribution in [2.45, 2.75) is 18.7 Å². The van der Waals surface area contributed by atoms with E-state index in [0.717, 1.165) is 12.1 Å². The second-order valence-electron chi connectivity index (χ2n) is 6.02. The van der Waals surface area contributed by atoms with Gasteiger partial charge in [-0.25, -0.2) is 14.6 Å². The number of nitrogens with zero attached hydrogens (tertiary/aromatic N) is 4. The number of amides is 1. The highest BCUT2D eigenvalue weighted by atomic mass is 19.4. The lowest BCUT2D eigenvalue weighted by Crippen LogP contribution is -2.52. The van der Waals surface area contributed by atoms with E-state index < -0.39 is 23.2 Å². The van der Waals surface area contributed by atoms with Gasteiger partial charge >= 0.3 is 6.18 Å². The highest BCUT2D eigenvalue weighted by molar-refractivity contribution is 5.86. The molecule has 1 atom stereocenters. The Morgan fingerprint density at radius 2 is 2.00 bits per heavy atom. The largest absolute Gasteiger partial charge is 0.430 e. The molecule has 0 saturated carbocycles. The second-order valence-corrected chi connectivity index (χ2v) is 6.02. The maximum Gasteiger partial charge on any atom is 0.430 e. The Hall–Kier alpha value is -3.47. The number of halogens is 3. The zero-order chi connectivity index (χ0) is 20.7. The molecule has 2 aromatic heterocycles. The van der Waals surface area contributed by atoms with E-state index in [9.17, 15) is 23.1 Å². The van der Waals surface area contributed by atoms with E-state index in [1.165, 1.54) is 23.1 Å². The number of carbonyl (C=O) groups excluding carboxylic acids is 1. The van der Waals surface area contributed by atoms with E-state index in [4.69, 9.17) is 11.5 Å². The van der Waals surface area contributed by atoms with Crippen molar-refractivity contribution in [3.05, 3.63) is 54.0 Å². The van der Waals surface area contributed by atoms with Crippen molar-refractivity contribution in [2.24, 2.45) is 5.73 Å². The SMILES string of the molecule is Cc1ccc(C(O)(C(N)=O)C(F)(F)F)cc1-c1cnc(N)c(-n2cccn2)n1.